The minimum atomic E-state index is -3.29. The molecule has 2 aromatic rings. The molecule has 39 heavy (non-hydrogen) atoms. The molecule has 2 heterocycles. The zero-order valence-electron chi connectivity index (χ0n) is 22.8. The molecule has 214 valence electrons. The first-order valence-electron chi connectivity index (χ1n) is 12.4. The number of alkyl carbamates (subject to hydrolysis) is 1. The average molecular weight is 570 g/mol. The Labute approximate surface area is 230 Å². The second-order valence-electron chi connectivity index (χ2n) is 11.8. The van der Waals surface area contributed by atoms with Crippen LogP contribution in [0.4, 0.5) is 13.6 Å². The van der Waals surface area contributed by atoms with Crippen molar-refractivity contribution in [2.75, 3.05) is 6.54 Å². The SMILES string of the molecule is CC(C)(C)C[C@@H](NC(=O)OC(C)(C)C)C(=O)N1CC(F)(F)C[C@H]1C(=O)NCc1cc(Cl)ccc1-n1cnnn1. The second-order valence-corrected chi connectivity index (χ2v) is 12.2. The number of tetrazole rings is 1. The van der Waals surface area contributed by atoms with Crippen LogP contribution in [-0.2, 0) is 20.9 Å². The molecule has 1 saturated heterocycles. The molecule has 0 radical (unpaired) electrons. The number of aromatic nitrogens is 4. The van der Waals surface area contributed by atoms with Gasteiger partial charge in [0.2, 0.25) is 11.8 Å². The van der Waals surface area contributed by atoms with Crippen LogP contribution in [0.3, 0.4) is 0 Å². The van der Waals surface area contributed by atoms with Crippen molar-refractivity contribution in [3.63, 3.8) is 0 Å². The monoisotopic (exact) mass is 569 g/mol. The van der Waals surface area contributed by atoms with Crippen molar-refractivity contribution in [1.29, 1.82) is 0 Å². The lowest BCUT2D eigenvalue weighted by atomic mass is 9.87. The molecule has 2 atom stereocenters. The summed E-state index contributed by atoms with van der Waals surface area (Å²) in [5, 5.41) is 16.6. The third-order valence-corrected chi connectivity index (χ3v) is 5.99. The lowest BCUT2D eigenvalue weighted by Crippen LogP contribution is -2.55. The maximum absolute atomic E-state index is 14.6. The topological polar surface area (TPSA) is 131 Å². The fourth-order valence-corrected chi connectivity index (χ4v) is 4.43. The first-order chi connectivity index (χ1) is 17.9. The van der Waals surface area contributed by atoms with Crippen LogP contribution in [0, 0.1) is 5.41 Å². The Hall–Kier alpha value is -3.35. The van der Waals surface area contributed by atoms with Crippen molar-refractivity contribution in [2.24, 2.45) is 5.41 Å². The predicted octanol–water partition coefficient (Wildman–Crippen LogP) is 3.50. The highest BCUT2D eigenvalue weighted by molar-refractivity contribution is 6.30. The van der Waals surface area contributed by atoms with Crippen molar-refractivity contribution in [2.45, 2.75) is 84.5 Å². The molecule has 14 heteroatoms. The Balaban J connectivity index is 1.80. The highest BCUT2D eigenvalue weighted by Crippen LogP contribution is 2.34. The molecule has 2 N–H and O–H groups in total. The fraction of sp³-hybridized carbons (Fsp3) is 0.600. The summed E-state index contributed by atoms with van der Waals surface area (Å²) in [6.45, 7) is 9.51. The molecule has 0 spiro atoms. The summed E-state index contributed by atoms with van der Waals surface area (Å²) >= 11 is 6.12. The quantitative estimate of drug-likeness (QED) is 0.522. The predicted molar refractivity (Wildman–Crippen MR) is 138 cm³/mol. The smallest absolute Gasteiger partial charge is 0.408 e. The molecule has 1 aliphatic heterocycles. The van der Waals surface area contributed by atoms with Crippen LogP contribution >= 0.6 is 11.6 Å². The number of hydrogen-bond donors (Lipinski definition) is 2. The van der Waals surface area contributed by atoms with E-state index in [0.717, 1.165) is 4.90 Å². The summed E-state index contributed by atoms with van der Waals surface area (Å²) in [7, 11) is 0. The Bertz CT molecular complexity index is 1200. The van der Waals surface area contributed by atoms with Crippen LogP contribution in [0.25, 0.3) is 5.69 Å². The van der Waals surface area contributed by atoms with Gasteiger partial charge in [-0.1, -0.05) is 32.4 Å². The van der Waals surface area contributed by atoms with Crippen molar-refractivity contribution in [3.05, 3.63) is 35.1 Å². The van der Waals surface area contributed by atoms with Crippen LogP contribution in [0.5, 0.6) is 0 Å². The normalized spacial score (nSPS) is 18.0. The number of nitrogens with one attached hydrogen (secondary N) is 2. The largest absolute Gasteiger partial charge is 0.444 e. The summed E-state index contributed by atoms with van der Waals surface area (Å²) in [5.74, 6) is -4.84. The third-order valence-electron chi connectivity index (χ3n) is 5.75. The number of carbonyl (C=O) groups excluding carboxylic acids is 3. The number of amides is 3. The number of likely N-dealkylation sites (tertiary alicyclic amines) is 1. The summed E-state index contributed by atoms with van der Waals surface area (Å²) in [4.78, 5) is 40.1. The molecule has 0 unspecified atom stereocenters. The minimum Gasteiger partial charge on any atom is -0.444 e. The number of halogens is 3. The number of hydrogen-bond acceptors (Lipinski definition) is 7. The van der Waals surface area contributed by atoms with Crippen LogP contribution in [0.1, 0.15) is 59.9 Å². The zero-order chi connectivity index (χ0) is 29.2. The molecule has 3 amide bonds. The van der Waals surface area contributed by atoms with E-state index in [2.05, 4.69) is 26.2 Å². The Morgan fingerprint density at radius 3 is 2.49 bits per heavy atom. The maximum Gasteiger partial charge on any atom is 0.408 e. The van der Waals surface area contributed by atoms with Crippen LogP contribution in [0.2, 0.25) is 5.02 Å². The Morgan fingerprint density at radius 2 is 1.90 bits per heavy atom. The first-order valence-corrected chi connectivity index (χ1v) is 12.8. The van der Waals surface area contributed by atoms with Crippen molar-refractivity contribution in [3.8, 4) is 5.69 Å². The Morgan fingerprint density at radius 1 is 1.21 bits per heavy atom. The number of benzene rings is 1. The Kier molecular flexibility index (Phi) is 8.83. The molecular formula is C25H34ClF2N7O4. The third kappa shape index (κ3) is 8.57. The molecule has 3 rings (SSSR count). The van der Waals surface area contributed by atoms with E-state index in [0.29, 0.717) is 16.3 Å². The van der Waals surface area contributed by atoms with E-state index in [4.69, 9.17) is 16.3 Å². The van der Waals surface area contributed by atoms with Gasteiger partial charge in [0.25, 0.3) is 5.92 Å². The van der Waals surface area contributed by atoms with Crippen molar-refractivity contribution < 1.29 is 27.9 Å². The van der Waals surface area contributed by atoms with Gasteiger partial charge in [0.05, 0.1) is 12.2 Å². The molecular weight excluding hydrogens is 536 g/mol. The number of rotatable bonds is 7. The van der Waals surface area contributed by atoms with E-state index in [1.165, 1.54) is 11.0 Å². The van der Waals surface area contributed by atoms with Gasteiger partial charge in [-0.25, -0.2) is 18.3 Å². The van der Waals surface area contributed by atoms with Gasteiger partial charge in [0.15, 0.2) is 0 Å². The van der Waals surface area contributed by atoms with Gasteiger partial charge in [-0.3, -0.25) is 9.59 Å². The molecule has 11 nitrogen and oxygen atoms in total. The fourth-order valence-electron chi connectivity index (χ4n) is 4.24. The number of ether oxygens (including phenoxy) is 1. The standard InChI is InChI=1S/C25H34ClF2N7O4/c1-23(2,3)10-17(31-22(38)39-24(4,5)6)21(37)34-13-25(27,28)11-19(34)20(36)29-12-15-9-16(26)7-8-18(15)35-14-30-32-33-35/h7-9,14,17,19H,10-13H2,1-6H3,(H,29,36)(H,31,38)/t17-,19+/m1/s1. The molecule has 1 aliphatic rings. The molecule has 1 aromatic heterocycles. The van der Waals surface area contributed by atoms with Gasteiger partial charge in [-0.2, -0.15) is 0 Å². The molecule has 0 bridgehead atoms. The first kappa shape index (κ1) is 30.2. The molecule has 1 fully saturated rings. The number of carbonyl (C=O) groups is 3. The van der Waals surface area contributed by atoms with Crippen molar-refractivity contribution in [1.82, 2.24) is 35.7 Å². The maximum atomic E-state index is 14.6. The highest BCUT2D eigenvalue weighted by atomic mass is 35.5. The van der Waals surface area contributed by atoms with Gasteiger partial charge in [-0.15, -0.1) is 5.10 Å². The van der Waals surface area contributed by atoms with Gasteiger partial charge in [-0.05, 0) is 66.8 Å². The second kappa shape index (κ2) is 11.4. The van der Waals surface area contributed by atoms with Gasteiger partial charge in [0, 0.05) is 18.0 Å². The lowest BCUT2D eigenvalue weighted by molar-refractivity contribution is -0.141. The summed E-state index contributed by atoms with van der Waals surface area (Å²) in [6.07, 6.45) is -0.207. The lowest BCUT2D eigenvalue weighted by Gasteiger charge is -2.32. The van der Waals surface area contributed by atoms with Crippen LogP contribution < -0.4 is 10.6 Å². The van der Waals surface area contributed by atoms with Gasteiger partial charge >= 0.3 is 6.09 Å². The average Bonchev–Trinajstić information content (AvgIpc) is 3.42. The minimum absolute atomic E-state index is 0.0831. The zero-order valence-corrected chi connectivity index (χ0v) is 23.6. The van der Waals surface area contributed by atoms with Crippen molar-refractivity contribution >= 4 is 29.5 Å². The summed E-state index contributed by atoms with van der Waals surface area (Å²) in [5.41, 5.74) is -0.220. The molecule has 0 saturated carbocycles. The van der Waals surface area contributed by atoms with E-state index in [9.17, 15) is 23.2 Å². The molecule has 0 aliphatic carbocycles. The number of alkyl halides is 2. The van der Waals surface area contributed by atoms with E-state index >= 15 is 0 Å². The summed E-state index contributed by atoms with van der Waals surface area (Å²) < 4.78 is 35.8. The van der Waals surface area contributed by atoms with E-state index in [1.807, 2.05) is 20.8 Å². The summed E-state index contributed by atoms with van der Waals surface area (Å²) in [6, 6.07) is 2.23. The van der Waals surface area contributed by atoms with E-state index in [1.54, 1.807) is 39.0 Å². The van der Waals surface area contributed by atoms with Crippen LogP contribution in [-0.4, -0.2) is 73.2 Å². The van der Waals surface area contributed by atoms with Gasteiger partial charge in [0.1, 0.15) is 24.0 Å². The van der Waals surface area contributed by atoms with Gasteiger partial charge < -0.3 is 20.3 Å². The molecule has 1 aromatic carbocycles. The van der Waals surface area contributed by atoms with Crippen LogP contribution in [0.15, 0.2) is 24.5 Å². The highest BCUT2D eigenvalue weighted by Gasteiger charge is 2.51. The number of nitrogens with zero attached hydrogens (tertiary/aromatic N) is 5. The van der Waals surface area contributed by atoms with E-state index in [-0.39, 0.29) is 13.0 Å². The van der Waals surface area contributed by atoms with E-state index < -0.39 is 59.9 Å².